The molecule has 0 fully saturated rings. The Labute approximate surface area is 167 Å². The quantitative estimate of drug-likeness (QED) is 0.755. The highest BCUT2D eigenvalue weighted by molar-refractivity contribution is 5.74. The van der Waals surface area contributed by atoms with Gasteiger partial charge in [-0.2, -0.15) is 5.10 Å². The van der Waals surface area contributed by atoms with Crippen molar-refractivity contribution in [3.05, 3.63) is 52.9 Å². The number of rotatable bonds is 6. The maximum atomic E-state index is 12.0. The summed E-state index contributed by atoms with van der Waals surface area (Å²) in [5, 5.41) is 8.37. The van der Waals surface area contributed by atoms with Crippen molar-refractivity contribution in [2.45, 2.75) is 53.6 Å². The topological polar surface area (TPSA) is 59.4 Å². The SMILES string of the molecule is C/C=C(\OCC)C(C)n1nc(Nc2cccc(C)c2)c2c1CCN(C(C)=O)C2. The summed E-state index contributed by atoms with van der Waals surface area (Å²) < 4.78 is 7.87. The van der Waals surface area contributed by atoms with Crippen LogP contribution in [0.4, 0.5) is 11.5 Å². The second-order valence-electron chi connectivity index (χ2n) is 7.20. The number of benzene rings is 1. The molecule has 0 bridgehead atoms. The molecule has 2 heterocycles. The third-order valence-electron chi connectivity index (χ3n) is 5.19. The van der Waals surface area contributed by atoms with Gasteiger partial charge >= 0.3 is 0 Å². The molecule has 1 aromatic carbocycles. The molecule has 1 N–H and O–H groups in total. The first kappa shape index (κ1) is 20.0. The highest BCUT2D eigenvalue weighted by atomic mass is 16.5. The van der Waals surface area contributed by atoms with Crippen molar-refractivity contribution in [2.24, 2.45) is 0 Å². The number of aromatic nitrogens is 2. The maximum Gasteiger partial charge on any atom is 0.219 e. The number of nitrogens with one attached hydrogen (secondary N) is 1. The van der Waals surface area contributed by atoms with Gasteiger partial charge in [0.1, 0.15) is 11.8 Å². The molecular formula is C22H30N4O2. The van der Waals surface area contributed by atoms with Gasteiger partial charge in [-0.3, -0.25) is 9.48 Å². The summed E-state index contributed by atoms with van der Waals surface area (Å²) in [4.78, 5) is 13.8. The fourth-order valence-corrected chi connectivity index (χ4v) is 3.73. The van der Waals surface area contributed by atoms with Crippen LogP contribution in [-0.2, 0) is 22.5 Å². The van der Waals surface area contributed by atoms with Gasteiger partial charge in [0, 0.05) is 36.8 Å². The van der Waals surface area contributed by atoms with E-state index < -0.39 is 0 Å². The van der Waals surface area contributed by atoms with E-state index in [2.05, 4.69) is 36.0 Å². The minimum absolute atomic E-state index is 0.00404. The Kier molecular flexibility index (Phi) is 6.07. The van der Waals surface area contributed by atoms with Crippen LogP contribution in [0.25, 0.3) is 0 Å². The summed E-state index contributed by atoms with van der Waals surface area (Å²) in [7, 11) is 0. The van der Waals surface area contributed by atoms with Crippen LogP contribution in [0.5, 0.6) is 0 Å². The molecule has 1 aliphatic heterocycles. The van der Waals surface area contributed by atoms with E-state index in [4.69, 9.17) is 9.84 Å². The van der Waals surface area contributed by atoms with Crippen molar-refractivity contribution in [1.29, 1.82) is 0 Å². The van der Waals surface area contributed by atoms with Crippen molar-refractivity contribution >= 4 is 17.4 Å². The molecule has 0 saturated heterocycles. The number of carbonyl (C=O) groups excluding carboxylic acids is 1. The van der Waals surface area contributed by atoms with Crippen molar-refractivity contribution in [2.75, 3.05) is 18.5 Å². The van der Waals surface area contributed by atoms with Crippen LogP contribution < -0.4 is 5.32 Å². The van der Waals surface area contributed by atoms with E-state index in [-0.39, 0.29) is 11.9 Å². The minimum atomic E-state index is -0.00404. The zero-order valence-corrected chi connectivity index (χ0v) is 17.5. The molecule has 0 radical (unpaired) electrons. The molecule has 1 aliphatic rings. The van der Waals surface area contributed by atoms with Crippen molar-refractivity contribution in [3.63, 3.8) is 0 Å². The summed E-state index contributed by atoms with van der Waals surface area (Å²) in [6, 6.07) is 8.22. The Balaban J connectivity index is 2.01. The second-order valence-corrected chi connectivity index (χ2v) is 7.20. The summed E-state index contributed by atoms with van der Waals surface area (Å²) in [5.41, 5.74) is 4.43. The van der Waals surface area contributed by atoms with Crippen molar-refractivity contribution < 1.29 is 9.53 Å². The lowest BCUT2D eigenvalue weighted by molar-refractivity contribution is -0.129. The summed E-state index contributed by atoms with van der Waals surface area (Å²) >= 11 is 0. The molecule has 2 aromatic rings. The largest absolute Gasteiger partial charge is 0.496 e. The van der Waals surface area contributed by atoms with Crippen molar-refractivity contribution in [1.82, 2.24) is 14.7 Å². The van der Waals surface area contributed by atoms with Crippen LogP contribution in [0, 0.1) is 6.92 Å². The van der Waals surface area contributed by atoms with Crippen LogP contribution in [-0.4, -0.2) is 33.7 Å². The van der Waals surface area contributed by atoms with Gasteiger partial charge in [-0.1, -0.05) is 12.1 Å². The van der Waals surface area contributed by atoms with Gasteiger partial charge in [-0.25, -0.2) is 0 Å². The van der Waals surface area contributed by atoms with Crippen molar-refractivity contribution in [3.8, 4) is 0 Å². The molecule has 1 atom stereocenters. The Morgan fingerprint density at radius 1 is 1.43 bits per heavy atom. The number of nitrogens with zero attached hydrogens (tertiary/aromatic N) is 3. The molecule has 0 spiro atoms. The number of hydrogen-bond acceptors (Lipinski definition) is 4. The molecule has 150 valence electrons. The van der Waals surface area contributed by atoms with E-state index in [9.17, 15) is 4.79 Å². The average Bonchev–Trinajstić information content (AvgIpc) is 3.03. The first-order valence-corrected chi connectivity index (χ1v) is 9.93. The van der Waals surface area contributed by atoms with Crippen LogP contribution >= 0.6 is 0 Å². The first-order chi connectivity index (χ1) is 13.4. The lowest BCUT2D eigenvalue weighted by atomic mass is 10.1. The lowest BCUT2D eigenvalue weighted by Gasteiger charge is -2.28. The Morgan fingerprint density at radius 3 is 2.86 bits per heavy atom. The Hall–Kier alpha value is -2.76. The van der Waals surface area contributed by atoms with Crippen LogP contribution in [0.3, 0.4) is 0 Å². The predicted octanol–water partition coefficient (Wildman–Crippen LogP) is 4.34. The second kappa shape index (κ2) is 8.50. The van der Waals surface area contributed by atoms with Crippen LogP contribution in [0.15, 0.2) is 36.1 Å². The number of ether oxygens (including phenoxy) is 1. The number of carbonyl (C=O) groups is 1. The number of aryl methyl sites for hydroxylation is 1. The zero-order chi connectivity index (χ0) is 20.3. The number of hydrogen-bond donors (Lipinski definition) is 1. The van der Waals surface area contributed by atoms with Gasteiger partial charge in [0.2, 0.25) is 5.91 Å². The van der Waals surface area contributed by atoms with E-state index in [0.717, 1.165) is 29.2 Å². The summed E-state index contributed by atoms with van der Waals surface area (Å²) in [6.07, 6.45) is 2.78. The molecule has 1 unspecified atom stereocenters. The molecule has 0 saturated carbocycles. The van der Waals surface area contributed by atoms with Crippen LogP contribution in [0.1, 0.15) is 50.6 Å². The van der Waals surface area contributed by atoms with E-state index in [1.165, 1.54) is 11.3 Å². The Morgan fingerprint density at radius 2 is 2.21 bits per heavy atom. The van der Waals surface area contributed by atoms with Gasteiger partial charge < -0.3 is 15.0 Å². The van der Waals surface area contributed by atoms with Gasteiger partial charge in [0.05, 0.1) is 13.2 Å². The molecule has 1 amide bonds. The van der Waals surface area contributed by atoms with Gasteiger partial charge in [0.15, 0.2) is 5.82 Å². The van der Waals surface area contributed by atoms with Gasteiger partial charge in [-0.05, 0) is 51.5 Å². The lowest BCUT2D eigenvalue weighted by Crippen LogP contribution is -2.35. The molecule has 0 aliphatic carbocycles. The molecule has 1 aromatic heterocycles. The monoisotopic (exact) mass is 382 g/mol. The number of amides is 1. The average molecular weight is 383 g/mol. The highest BCUT2D eigenvalue weighted by Crippen LogP contribution is 2.32. The normalized spacial score (nSPS) is 15.2. The van der Waals surface area contributed by atoms with E-state index >= 15 is 0 Å². The fraction of sp³-hybridized carbons (Fsp3) is 0.455. The predicted molar refractivity (Wildman–Crippen MR) is 112 cm³/mol. The van der Waals surface area contributed by atoms with Gasteiger partial charge in [-0.15, -0.1) is 0 Å². The maximum absolute atomic E-state index is 12.0. The smallest absolute Gasteiger partial charge is 0.219 e. The molecule has 3 rings (SSSR count). The first-order valence-electron chi connectivity index (χ1n) is 9.93. The molecule has 6 heteroatoms. The number of anilines is 2. The van der Waals surface area contributed by atoms with E-state index in [1.807, 2.05) is 37.0 Å². The third kappa shape index (κ3) is 4.06. The highest BCUT2D eigenvalue weighted by Gasteiger charge is 2.29. The van der Waals surface area contributed by atoms with Gasteiger partial charge in [0.25, 0.3) is 0 Å². The molecular weight excluding hydrogens is 352 g/mol. The molecule has 28 heavy (non-hydrogen) atoms. The number of fused-ring (bicyclic) bond motifs is 1. The van der Waals surface area contributed by atoms with E-state index in [1.54, 1.807) is 6.92 Å². The standard InChI is InChI=1S/C22H30N4O2/c1-6-21(28-7-2)16(4)26-20-11-12-25(17(5)27)14-19(20)22(24-26)23-18-10-8-9-15(3)13-18/h6,8-10,13,16H,7,11-12,14H2,1-5H3,(H,23,24)/b21-6-. The summed E-state index contributed by atoms with van der Waals surface area (Å²) in [6.45, 7) is 11.7. The zero-order valence-electron chi connectivity index (χ0n) is 17.5. The van der Waals surface area contributed by atoms with Crippen LogP contribution in [0.2, 0.25) is 0 Å². The minimum Gasteiger partial charge on any atom is -0.496 e. The Bertz CT molecular complexity index is 885. The summed E-state index contributed by atoms with van der Waals surface area (Å²) in [5.74, 6) is 1.81. The third-order valence-corrected chi connectivity index (χ3v) is 5.19. The fourth-order valence-electron chi connectivity index (χ4n) is 3.73. The molecule has 6 nitrogen and oxygen atoms in total. The van der Waals surface area contributed by atoms with E-state index in [0.29, 0.717) is 19.7 Å². The number of allylic oxidation sites excluding steroid dienone is 2.